The number of hydrogen-bond donors (Lipinski definition) is 4. The molecule has 19 heteroatoms. The van der Waals surface area contributed by atoms with Crippen LogP contribution in [0.2, 0.25) is 10.3 Å². The molecule has 6 N–H and O–H groups in total. The van der Waals surface area contributed by atoms with Gasteiger partial charge in [-0.3, -0.25) is 14.5 Å². The summed E-state index contributed by atoms with van der Waals surface area (Å²) in [6.07, 6.45) is 0. The Balaban J connectivity index is 1.22. The summed E-state index contributed by atoms with van der Waals surface area (Å²) in [5.41, 5.74) is 12.4. The van der Waals surface area contributed by atoms with Crippen LogP contribution in [0.25, 0.3) is 5.65 Å². The molecule has 2 aliphatic rings. The van der Waals surface area contributed by atoms with Crippen LogP contribution in [-0.2, 0) is 21.4 Å². The number of aromatic nitrogens is 5. The Hall–Kier alpha value is -2.57. The number of nitrogens with two attached hydrogens (primary N) is 2. The number of carbonyl (C=O) groups excluding carboxylic acids is 2. The Bertz CT molecular complexity index is 1570. The first-order valence-electron chi connectivity index (χ1n) is 11.3. The number of anilines is 2. The normalized spacial score (nSPS) is 18.6. The van der Waals surface area contributed by atoms with Gasteiger partial charge in [0, 0.05) is 26.7 Å². The molecule has 0 bridgehead atoms. The molecule has 3 aromatic rings. The molecule has 0 aliphatic carbocycles. The van der Waals surface area contributed by atoms with Gasteiger partial charge < -0.3 is 21.9 Å². The Morgan fingerprint density at radius 2 is 1.93 bits per heavy atom. The van der Waals surface area contributed by atoms with E-state index in [0.29, 0.717) is 37.3 Å². The van der Waals surface area contributed by atoms with Gasteiger partial charge in [-0.2, -0.15) is 4.98 Å². The number of halogens is 2. The monoisotopic (exact) mass is 660 g/mol. The van der Waals surface area contributed by atoms with E-state index in [2.05, 4.69) is 20.4 Å². The summed E-state index contributed by atoms with van der Waals surface area (Å²) in [6.45, 7) is 0. The number of nitrogen functional groups attached to an aromatic ring is 2. The van der Waals surface area contributed by atoms with Crippen molar-refractivity contribution in [2.24, 2.45) is 7.05 Å². The average Bonchev–Trinajstić information content (AvgIpc) is 3.18. The van der Waals surface area contributed by atoms with Gasteiger partial charge in [-0.15, -0.1) is 35.3 Å². The van der Waals surface area contributed by atoms with E-state index in [9.17, 15) is 19.5 Å². The number of nitrogens with zero attached hydrogens (tertiary/aromatic N) is 6. The summed E-state index contributed by atoms with van der Waals surface area (Å²) < 4.78 is 3.24. The number of β-lactam (4-membered cyclic amide) rings is 1. The number of aliphatic carboxylic acids is 1. The smallest absolute Gasteiger partial charge is 0.376 e. The van der Waals surface area contributed by atoms with Crippen LogP contribution < -0.4 is 21.4 Å². The second-order valence-corrected chi connectivity index (χ2v) is 13.6. The number of rotatable bonds is 9. The molecule has 40 heavy (non-hydrogen) atoms. The molecule has 0 spiro atoms. The van der Waals surface area contributed by atoms with Gasteiger partial charge in [0.1, 0.15) is 33.2 Å². The maximum atomic E-state index is 13.0. The summed E-state index contributed by atoms with van der Waals surface area (Å²) in [7, 11) is 1.76. The summed E-state index contributed by atoms with van der Waals surface area (Å²) in [5, 5.41) is 17.7. The second kappa shape index (κ2) is 11.7. The zero-order valence-electron chi connectivity index (χ0n) is 20.4. The minimum atomic E-state index is -1.21. The Kier molecular flexibility index (Phi) is 8.49. The number of carbonyl (C=O) groups is 3. The number of hydrogen-bond acceptors (Lipinski definition) is 12. The predicted molar refractivity (Wildman–Crippen MR) is 156 cm³/mol. The zero-order chi connectivity index (χ0) is 28.7. The second-order valence-electron chi connectivity index (χ2n) is 8.33. The number of aryl methyl sites for hydroxylation is 1. The van der Waals surface area contributed by atoms with Gasteiger partial charge in [0.05, 0.1) is 17.9 Å². The van der Waals surface area contributed by atoms with Crippen molar-refractivity contribution in [3.05, 3.63) is 39.1 Å². The van der Waals surface area contributed by atoms with Gasteiger partial charge in [-0.25, -0.2) is 14.3 Å². The number of amides is 2. The van der Waals surface area contributed by atoms with Crippen molar-refractivity contribution in [2.45, 2.75) is 21.5 Å². The number of fused-ring (bicyclic) bond motifs is 2. The fraction of sp³-hybridized carbons (Fsp3) is 0.286. The molecule has 0 radical (unpaired) electrons. The largest absolute Gasteiger partial charge is 0.477 e. The minimum Gasteiger partial charge on any atom is -0.477 e. The minimum absolute atomic E-state index is 0.0169. The molecule has 0 unspecified atom stereocenters. The lowest BCUT2D eigenvalue weighted by Gasteiger charge is -2.49. The Labute approximate surface area is 253 Å². The van der Waals surface area contributed by atoms with Crippen LogP contribution in [0.15, 0.2) is 38.9 Å². The lowest BCUT2D eigenvalue weighted by atomic mass is 10.1. The topological polar surface area (TPSA) is 186 Å². The number of carboxylic acid groups (broad SMARTS) is 1. The van der Waals surface area contributed by atoms with E-state index < -0.39 is 23.3 Å². The van der Waals surface area contributed by atoms with Crippen LogP contribution in [-0.4, -0.2) is 75.4 Å². The van der Waals surface area contributed by atoms with Crippen LogP contribution in [0.5, 0.6) is 0 Å². The highest BCUT2D eigenvalue weighted by Gasteiger charge is 2.54. The van der Waals surface area contributed by atoms with Crippen LogP contribution in [0.4, 0.5) is 11.8 Å². The molecule has 2 aliphatic heterocycles. The van der Waals surface area contributed by atoms with E-state index in [1.165, 1.54) is 51.9 Å². The van der Waals surface area contributed by atoms with Crippen molar-refractivity contribution >= 4 is 105 Å². The summed E-state index contributed by atoms with van der Waals surface area (Å²) in [5.74, 6) is -1.11. The third-order valence-corrected chi connectivity index (χ3v) is 10.7. The van der Waals surface area contributed by atoms with E-state index in [1.807, 2.05) is 0 Å². The molecule has 5 rings (SSSR count). The molecular formula is C21H20Cl2N9O4S4+. The van der Waals surface area contributed by atoms with Crippen molar-refractivity contribution in [1.29, 1.82) is 0 Å². The van der Waals surface area contributed by atoms with Crippen molar-refractivity contribution in [3.8, 4) is 0 Å². The summed E-state index contributed by atoms with van der Waals surface area (Å²) >= 11 is 17.0. The highest BCUT2D eigenvalue weighted by Crippen LogP contribution is 2.44. The van der Waals surface area contributed by atoms with Gasteiger partial charge in [-0.1, -0.05) is 39.5 Å². The number of thioether (sulfide) groups is 4. The molecular weight excluding hydrogens is 641 g/mol. The highest BCUT2D eigenvalue weighted by atomic mass is 35.5. The van der Waals surface area contributed by atoms with E-state index >= 15 is 0 Å². The predicted octanol–water partition coefficient (Wildman–Crippen LogP) is 1.69. The number of nitrogens with one attached hydrogen (secondary N) is 1. The molecule has 1 fully saturated rings. The maximum Gasteiger partial charge on any atom is 0.376 e. The first kappa shape index (κ1) is 28.9. The molecule has 5 heterocycles. The molecule has 2 atom stereocenters. The number of pyridine rings is 1. The molecule has 2 amide bonds. The fourth-order valence-electron chi connectivity index (χ4n) is 3.94. The Morgan fingerprint density at radius 1 is 1.20 bits per heavy atom. The lowest BCUT2D eigenvalue weighted by molar-refractivity contribution is -0.631. The molecule has 0 aromatic carbocycles. The first-order chi connectivity index (χ1) is 19.0. The Morgan fingerprint density at radius 3 is 2.62 bits per heavy atom. The standard InChI is InChI=1S/C21H19Cl2N9O4S4/c1-30-14-4-12(24)27-21(32(14)29-20(30)25)40-7-39-9-5-38-18-15(17(34)31(18)16(9)19(35)36)28-13(33)6-37-8-2-10(22)26-11(23)3-8/h2-4,15,18,24H,5-7H2,1H3,(H4,25,28,29,33,35,36)/p+1/t15-,18-/m1/s1. The molecule has 210 valence electrons. The first-order valence-corrected chi connectivity index (χ1v) is 16.0. The van der Waals surface area contributed by atoms with Crippen LogP contribution >= 0.6 is 70.2 Å². The van der Waals surface area contributed by atoms with E-state index in [0.717, 1.165) is 0 Å². The van der Waals surface area contributed by atoms with Gasteiger partial charge in [0.25, 0.3) is 11.1 Å². The van der Waals surface area contributed by atoms with Gasteiger partial charge in [-0.05, 0) is 12.1 Å². The average molecular weight is 662 g/mol. The van der Waals surface area contributed by atoms with Crippen LogP contribution in [0.3, 0.4) is 0 Å². The summed E-state index contributed by atoms with van der Waals surface area (Å²) in [6, 6.07) is 3.98. The van der Waals surface area contributed by atoms with Gasteiger partial charge in [0.15, 0.2) is 0 Å². The lowest BCUT2D eigenvalue weighted by Crippen LogP contribution is -2.70. The van der Waals surface area contributed by atoms with Crippen molar-refractivity contribution < 1.29 is 24.1 Å². The van der Waals surface area contributed by atoms with Crippen molar-refractivity contribution in [1.82, 2.24) is 29.8 Å². The highest BCUT2D eigenvalue weighted by molar-refractivity contribution is 8.18. The molecule has 3 aromatic heterocycles. The van der Waals surface area contributed by atoms with Crippen molar-refractivity contribution in [2.75, 3.05) is 28.1 Å². The molecule has 1 saturated heterocycles. The van der Waals surface area contributed by atoms with Crippen molar-refractivity contribution in [3.63, 3.8) is 0 Å². The van der Waals surface area contributed by atoms with Crippen LogP contribution in [0, 0.1) is 0 Å². The number of carboxylic acids is 1. The third-order valence-electron chi connectivity index (χ3n) is 5.77. The zero-order valence-corrected chi connectivity index (χ0v) is 25.2. The fourth-order valence-corrected chi connectivity index (χ4v) is 9.01. The maximum absolute atomic E-state index is 13.0. The van der Waals surface area contributed by atoms with Gasteiger partial charge in [0.2, 0.25) is 11.6 Å². The van der Waals surface area contributed by atoms with Crippen LogP contribution in [0.1, 0.15) is 0 Å². The SMILES string of the molecule is C[n+]1c(N)nn2c(SCSC3=C(C(=O)O)N4C(=O)[C@@H](NC(=O)CSc5cc(Cl)nc(Cl)c5)[C@H]4SC3)nc(N)cc21. The quantitative estimate of drug-likeness (QED) is 0.0649. The van der Waals surface area contributed by atoms with E-state index in [1.54, 1.807) is 34.3 Å². The molecule has 0 saturated carbocycles. The molecule has 13 nitrogen and oxygen atoms in total. The van der Waals surface area contributed by atoms with E-state index in [4.69, 9.17) is 34.7 Å². The third kappa shape index (κ3) is 5.75. The van der Waals surface area contributed by atoms with E-state index in [-0.39, 0.29) is 33.6 Å². The van der Waals surface area contributed by atoms with Gasteiger partial charge >= 0.3 is 11.9 Å². The summed E-state index contributed by atoms with van der Waals surface area (Å²) in [4.78, 5) is 48.3.